The highest BCUT2D eigenvalue weighted by Gasteiger charge is 2.36. The lowest BCUT2D eigenvalue weighted by Gasteiger charge is -2.18. The average molecular weight is 257 g/mol. The molecule has 0 rings (SSSR count). The molecule has 0 fully saturated rings. The number of alkyl halides is 3. The lowest BCUT2D eigenvalue weighted by Crippen LogP contribution is -2.47. The maximum Gasteiger partial charge on any atom is 0.391 e. The quantitative estimate of drug-likeness (QED) is 0.742. The van der Waals surface area contributed by atoms with Crippen LogP contribution < -0.4 is 5.32 Å². The van der Waals surface area contributed by atoms with Gasteiger partial charge in [0.2, 0.25) is 5.91 Å². The normalized spacial score (nSPS) is 15.1. The van der Waals surface area contributed by atoms with Crippen LogP contribution >= 0.6 is 0 Å². The second kappa shape index (κ2) is 6.43. The van der Waals surface area contributed by atoms with E-state index >= 15 is 0 Å². The van der Waals surface area contributed by atoms with Gasteiger partial charge in [-0.25, -0.2) is 4.79 Å². The highest BCUT2D eigenvalue weighted by Crippen LogP contribution is 2.21. The second-order valence-corrected chi connectivity index (χ2v) is 3.32. The van der Waals surface area contributed by atoms with E-state index < -0.39 is 36.6 Å². The predicted octanol–water partition coefficient (Wildman–Crippen LogP) is 0.933. The second-order valence-electron chi connectivity index (χ2n) is 3.32. The van der Waals surface area contributed by atoms with Crippen molar-refractivity contribution in [3.8, 4) is 0 Å². The van der Waals surface area contributed by atoms with Gasteiger partial charge in [-0.15, -0.1) is 0 Å². The number of amides is 1. The van der Waals surface area contributed by atoms with Crippen LogP contribution in [0.25, 0.3) is 0 Å². The van der Waals surface area contributed by atoms with Crippen LogP contribution in [0.3, 0.4) is 0 Å². The molecule has 0 spiro atoms. The maximum absolute atomic E-state index is 12.0. The number of carbonyl (C=O) groups excluding carboxylic acids is 1. The zero-order valence-corrected chi connectivity index (χ0v) is 9.37. The first-order valence-electron chi connectivity index (χ1n) is 4.89. The summed E-state index contributed by atoms with van der Waals surface area (Å²) in [5.41, 5.74) is 0. The zero-order chi connectivity index (χ0) is 13.6. The van der Waals surface area contributed by atoms with Crippen molar-refractivity contribution < 1.29 is 32.6 Å². The number of aliphatic carboxylic acids is 1. The third-order valence-electron chi connectivity index (χ3n) is 1.84. The van der Waals surface area contributed by atoms with E-state index in [2.05, 4.69) is 0 Å². The smallest absolute Gasteiger partial charge is 0.391 e. The van der Waals surface area contributed by atoms with Crippen LogP contribution in [0.4, 0.5) is 13.2 Å². The number of carboxylic acid groups (broad SMARTS) is 1. The Morgan fingerprint density at radius 1 is 1.41 bits per heavy atom. The molecular formula is C9H14F3NO4. The minimum atomic E-state index is -4.66. The molecule has 2 atom stereocenters. The third-order valence-corrected chi connectivity index (χ3v) is 1.84. The third kappa shape index (κ3) is 6.77. The first-order valence-corrected chi connectivity index (χ1v) is 4.89. The summed E-state index contributed by atoms with van der Waals surface area (Å²) in [5, 5.41) is 10.3. The summed E-state index contributed by atoms with van der Waals surface area (Å²) >= 11 is 0. The molecule has 0 aliphatic carbocycles. The molecule has 0 aliphatic rings. The first kappa shape index (κ1) is 15.7. The molecule has 0 aliphatic heterocycles. The molecule has 17 heavy (non-hydrogen) atoms. The largest absolute Gasteiger partial charge is 0.480 e. The summed E-state index contributed by atoms with van der Waals surface area (Å²) < 4.78 is 40.9. The number of carboxylic acids is 1. The van der Waals surface area contributed by atoms with Crippen molar-refractivity contribution >= 4 is 11.9 Å². The van der Waals surface area contributed by atoms with E-state index in [9.17, 15) is 22.8 Å². The van der Waals surface area contributed by atoms with E-state index in [1.165, 1.54) is 6.92 Å². The summed E-state index contributed by atoms with van der Waals surface area (Å²) in [6.45, 7) is 3.13. The Hall–Kier alpha value is -1.31. The van der Waals surface area contributed by atoms with Gasteiger partial charge in [-0.2, -0.15) is 13.2 Å². The predicted molar refractivity (Wildman–Crippen MR) is 51.3 cm³/mol. The highest BCUT2D eigenvalue weighted by atomic mass is 19.4. The lowest BCUT2D eigenvalue weighted by atomic mass is 10.2. The van der Waals surface area contributed by atoms with Gasteiger partial charge in [-0.3, -0.25) is 4.79 Å². The molecule has 5 nitrogen and oxygen atoms in total. The Balaban J connectivity index is 4.45. The van der Waals surface area contributed by atoms with Crippen LogP contribution in [0, 0.1) is 0 Å². The van der Waals surface area contributed by atoms with Gasteiger partial charge >= 0.3 is 12.1 Å². The average Bonchev–Trinajstić information content (AvgIpc) is 2.14. The van der Waals surface area contributed by atoms with Crippen LogP contribution in [-0.2, 0) is 14.3 Å². The molecule has 2 unspecified atom stereocenters. The maximum atomic E-state index is 12.0. The fraction of sp³-hybridized carbons (Fsp3) is 0.778. The van der Waals surface area contributed by atoms with Crippen LogP contribution in [-0.4, -0.2) is 41.9 Å². The molecule has 0 aromatic carbocycles. The van der Waals surface area contributed by atoms with Crippen LogP contribution in [0.2, 0.25) is 0 Å². The Kier molecular flexibility index (Phi) is 5.94. The van der Waals surface area contributed by atoms with Gasteiger partial charge in [0, 0.05) is 6.61 Å². The van der Waals surface area contributed by atoms with Crippen molar-refractivity contribution in [3.63, 3.8) is 0 Å². The molecule has 2 N–H and O–H groups in total. The van der Waals surface area contributed by atoms with E-state index in [0.29, 0.717) is 0 Å². The van der Waals surface area contributed by atoms with Crippen molar-refractivity contribution in [2.75, 3.05) is 6.61 Å². The van der Waals surface area contributed by atoms with Gasteiger partial charge in [-0.1, -0.05) is 0 Å². The molecule has 1 amide bonds. The molecule has 0 saturated carbocycles. The summed E-state index contributed by atoms with van der Waals surface area (Å²) in [6.07, 6.45) is -7.27. The Morgan fingerprint density at radius 2 is 1.94 bits per heavy atom. The Labute approximate surface area is 95.9 Å². The van der Waals surface area contributed by atoms with E-state index in [4.69, 9.17) is 9.84 Å². The Bertz CT molecular complexity index is 280. The van der Waals surface area contributed by atoms with Gasteiger partial charge < -0.3 is 15.2 Å². The fourth-order valence-electron chi connectivity index (χ4n) is 1.05. The van der Waals surface area contributed by atoms with E-state index in [0.717, 1.165) is 0 Å². The van der Waals surface area contributed by atoms with Gasteiger partial charge in [0.05, 0.1) is 6.42 Å². The number of rotatable bonds is 6. The first-order chi connectivity index (χ1) is 7.67. The van der Waals surface area contributed by atoms with Crippen molar-refractivity contribution in [1.82, 2.24) is 5.32 Å². The fourth-order valence-corrected chi connectivity index (χ4v) is 1.05. The lowest BCUT2D eigenvalue weighted by molar-refractivity contribution is -0.161. The van der Waals surface area contributed by atoms with Crippen molar-refractivity contribution in [2.45, 2.75) is 38.6 Å². The van der Waals surface area contributed by atoms with Crippen molar-refractivity contribution in [2.24, 2.45) is 0 Å². The molecule has 8 heteroatoms. The van der Waals surface area contributed by atoms with Crippen molar-refractivity contribution in [3.05, 3.63) is 0 Å². The standard InChI is InChI=1S/C9H14F3NO4/c1-3-17-5(2)7(14)13-6(8(15)16)4-9(10,11)12/h5-6H,3-4H2,1-2H3,(H,13,14)(H,15,16). The number of hydrogen-bond acceptors (Lipinski definition) is 3. The summed E-state index contributed by atoms with van der Waals surface area (Å²) in [5.74, 6) is -2.62. The minimum absolute atomic E-state index is 0.200. The molecule has 0 heterocycles. The molecule has 0 saturated heterocycles. The van der Waals surface area contributed by atoms with Gasteiger partial charge in [0.25, 0.3) is 0 Å². The minimum Gasteiger partial charge on any atom is -0.480 e. The van der Waals surface area contributed by atoms with Gasteiger partial charge in [0.15, 0.2) is 0 Å². The van der Waals surface area contributed by atoms with E-state index in [-0.39, 0.29) is 6.61 Å². The van der Waals surface area contributed by atoms with Crippen molar-refractivity contribution in [1.29, 1.82) is 0 Å². The van der Waals surface area contributed by atoms with Crippen LogP contribution in [0.5, 0.6) is 0 Å². The van der Waals surface area contributed by atoms with Gasteiger partial charge in [0.1, 0.15) is 12.1 Å². The highest BCUT2D eigenvalue weighted by molar-refractivity contribution is 5.86. The Morgan fingerprint density at radius 3 is 2.29 bits per heavy atom. The number of halogens is 3. The molecule has 0 aromatic heterocycles. The summed E-state index contributed by atoms with van der Waals surface area (Å²) in [4.78, 5) is 21.8. The molecule has 0 bridgehead atoms. The SMILES string of the molecule is CCOC(C)C(=O)NC(CC(F)(F)F)C(=O)O. The van der Waals surface area contributed by atoms with Crippen LogP contribution in [0.1, 0.15) is 20.3 Å². The van der Waals surface area contributed by atoms with Gasteiger partial charge in [-0.05, 0) is 13.8 Å². The number of carbonyl (C=O) groups is 2. The summed E-state index contributed by atoms with van der Waals surface area (Å²) in [6, 6.07) is -1.99. The molecule has 0 aromatic rings. The molecular weight excluding hydrogens is 243 g/mol. The van der Waals surface area contributed by atoms with E-state index in [1.54, 1.807) is 12.2 Å². The van der Waals surface area contributed by atoms with E-state index in [1.807, 2.05) is 0 Å². The number of hydrogen-bond donors (Lipinski definition) is 2. The molecule has 0 radical (unpaired) electrons. The topological polar surface area (TPSA) is 75.6 Å². The zero-order valence-electron chi connectivity index (χ0n) is 9.37. The van der Waals surface area contributed by atoms with Crippen LogP contribution in [0.15, 0.2) is 0 Å². The molecule has 100 valence electrons. The summed E-state index contributed by atoms with van der Waals surface area (Å²) in [7, 11) is 0. The number of nitrogens with one attached hydrogen (secondary N) is 1. The monoisotopic (exact) mass is 257 g/mol. The number of ether oxygens (including phenoxy) is 1.